The molecule has 0 saturated heterocycles. The average Bonchev–Trinajstić information content (AvgIpc) is 2.94. The molecule has 0 fully saturated rings. The van der Waals surface area contributed by atoms with Crippen LogP contribution in [-0.2, 0) is 30.7 Å². The van der Waals surface area contributed by atoms with Gasteiger partial charge in [-0.1, -0.05) is 63.1 Å². The Balaban J connectivity index is 2.11. The molecule has 226 valence electrons. The molecule has 0 aliphatic rings. The summed E-state index contributed by atoms with van der Waals surface area (Å²) < 4.78 is 33.6. The number of aromatic nitrogens is 2. The molecule has 2 heterocycles. The summed E-state index contributed by atoms with van der Waals surface area (Å²) in [5, 5.41) is 9.26. The zero-order valence-electron chi connectivity index (χ0n) is 24.8. The summed E-state index contributed by atoms with van der Waals surface area (Å²) in [5.74, 6) is -1.07. The summed E-state index contributed by atoms with van der Waals surface area (Å²) in [7, 11) is -4.35. The summed E-state index contributed by atoms with van der Waals surface area (Å²) in [6.07, 6.45) is 3.52. The van der Waals surface area contributed by atoms with E-state index in [0.717, 1.165) is 29.7 Å². The zero-order chi connectivity index (χ0) is 31.1. The normalized spacial score (nSPS) is 14.0. The van der Waals surface area contributed by atoms with Crippen molar-refractivity contribution < 1.29 is 27.9 Å². The molecule has 0 bridgehead atoms. The molecule has 3 rings (SSSR count). The van der Waals surface area contributed by atoms with Crippen LogP contribution in [0, 0.1) is 0 Å². The van der Waals surface area contributed by atoms with Crippen LogP contribution in [0.3, 0.4) is 0 Å². The molecule has 11 heteroatoms. The molecule has 3 N–H and O–H groups in total. The fraction of sp³-hybridized carbons (Fsp3) is 0.419. The number of nitrogens with two attached hydrogens (primary N) is 1. The van der Waals surface area contributed by atoms with Crippen molar-refractivity contribution in [3.8, 4) is 0 Å². The minimum Gasteiger partial charge on any atom is -0.480 e. The van der Waals surface area contributed by atoms with E-state index in [1.165, 1.54) is 30.5 Å². The number of nitrogens with zero attached hydrogens (tertiary/aromatic N) is 3. The molecule has 10 nitrogen and oxygen atoms in total. The van der Waals surface area contributed by atoms with Gasteiger partial charge in [-0.05, 0) is 68.5 Å². The van der Waals surface area contributed by atoms with Gasteiger partial charge in [-0.15, -0.1) is 0 Å². The van der Waals surface area contributed by atoms with Crippen molar-refractivity contribution in [2.75, 3.05) is 11.4 Å². The van der Waals surface area contributed by atoms with E-state index in [0.29, 0.717) is 11.5 Å². The zero-order valence-corrected chi connectivity index (χ0v) is 25.6. The predicted molar refractivity (Wildman–Crippen MR) is 161 cm³/mol. The van der Waals surface area contributed by atoms with E-state index in [-0.39, 0.29) is 23.0 Å². The Bertz CT molecular complexity index is 1470. The Kier molecular flexibility index (Phi) is 10.5. The highest BCUT2D eigenvalue weighted by molar-refractivity contribution is 7.92. The van der Waals surface area contributed by atoms with E-state index >= 15 is 0 Å². The lowest BCUT2D eigenvalue weighted by Gasteiger charge is -2.30. The van der Waals surface area contributed by atoms with Gasteiger partial charge < -0.3 is 15.6 Å². The second-order valence-electron chi connectivity index (χ2n) is 11.4. The highest BCUT2D eigenvalue weighted by Gasteiger charge is 2.45. The number of sulfone groups is 1. The van der Waals surface area contributed by atoms with Crippen molar-refractivity contribution in [2.24, 2.45) is 5.73 Å². The molecule has 42 heavy (non-hydrogen) atoms. The lowest BCUT2D eigenvalue weighted by Crippen LogP contribution is -2.48. The van der Waals surface area contributed by atoms with Gasteiger partial charge in [-0.25, -0.2) is 23.2 Å². The Labute approximate surface area is 247 Å². The van der Waals surface area contributed by atoms with E-state index in [1.54, 1.807) is 32.9 Å². The van der Waals surface area contributed by atoms with E-state index in [2.05, 4.69) is 23.8 Å². The van der Waals surface area contributed by atoms with Crippen molar-refractivity contribution in [2.45, 2.75) is 81.7 Å². The first-order valence-electron chi connectivity index (χ1n) is 13.9. The summed E-state index contributed by atoms with van der Waals surface area (Å²) in [6.45, 7) is 8.49. The maximum absolute atomic E-state index is 14.1. The van der Waals surface area contributed by atoms with Gasteiger partial charge in [0, 0.05) is 12.6 Å². The number of hydrogen-bond donors (Lipinski definition) is 2. The third kappa shape index (κ3) is 7.92. The van der Waals surface area contributed by atoms with Crippen LogP contribution >= 0.6 is 0 Å². The van der Waals surface area contributed by atoms with Crippen LogP contribution in [0.4, 0.5) is 10.6 Å². The van der Waals surface area contributed by atoms with E-state index in [1.807, 2.05) is 24.3 Å². The Morgan fingerprint density at radius 3 is 2.31 bits per heavy atom. The van der Waals surface area contributed by atoms with Gasteiger partial charge in [-0.3, -0.25) is 9.69 Å². The van der Waals surface area contributed by atoms with E-state index in [9.17, 15) is 23.1 Å². The van der Waals surface area contributed by atoms with Crippen molar-refractivity contribution in [1.82, 2.24) is 9.97 Å². The number of pyridine rings is 2. The molecule has 0 saturated carbocycles. The Morgan fingerprint density at radius 2 is 1.74 bits per heavy atom. The molecule has 2 atom stereocenters. The highest BCUT2D eigenvalue weighted by atomic mass is 32.2. The van der Waals surface area contributed by atoms with Crippen LogP contribution in [0.25, 0.3) is 0 Å². The topological polar surface area (TPSA) is 153 Å². The number of carboxylic acid groups (broad SMARTS) is 1. The van der Waals surface area contributed by atoms with Crippen molar-refractivity contribution in [3.63, 3.8) is 0 Å². The van der Waals surface area contributed by atoms with E-state index < -0.39 is 38.9 Å². The molecular weight excluding hydrogens is 556 g/mol. The Morgan fingerprint density at radius 1 is 1.05 bits per heavy atom. The second-order valence-corrected chi connectivity index (χ2v) is 13.5. The largest absolute Gasteiger partial charge is 0.480 e. The van der Waals surface area contributed by atoms with E-state index in [4.69, 9.17) is 10.5 Å². The molecule has 0 radical (unpaired) electrons. The highest BCUT2D eigenvalue weighted by Crippen LogP contribution is 2.34. The second kappa shape index (κ2) is 13.4. The molecule has 0 aliphatic carbocycles. The number of carboxylic acids is 1. The molecule has 3 aromatic rings. The first-order valence-corrected chi connectivity index (χ1v) is 15.4. The van der Waals surface area contributed by atoms with Crippen LogP contribution in [0.1, 0.15) is 76.6 Å². The molecule has 1 amide bonds. The lowest BCUT2D eigenvalue weighted by molar-refractivity contribution is -0.135. The standard InChI is InChI=1S/C31H40N4O6S/c1-6-7-11-22(2)24-17-15-23(16-18-24)20-31(32,42(39,40)27-14-8-9-19-33-27)25-12-10-13-26(34-25)35(21-28(36)37)29(38)41-30(3,4)5/h8-10,12-19,22H,6-7,11,20-21,32H2,1-5H3,(H,36,37). The summed E-state index contributed by atoms with van der Waals surface area (Å²) in [6, 6.07) is 16.5. The first-order chi connectivity index (χ1) is 19.7. The summed E-state index contributed by atoms with van der Waals surface area (Å²) in [4.78, 5) is 31.8. The monoisotopic (exact) mass is 596 g/mol. The number of hydrogen-bond acceptors (Lipinski definition) is 8. The van der Waals surface area contributed by atoms with Gasteiger partial charge >= 0.3 is 12.1 Å². The number of carbonyl (C=O) groups excluding carboxylic acids is 1. The minimum atomic E-state index is -4.35. The number of benzene rings is 1. The SMILES string of the molecule is CCCCC(C)c1ccc(CC(N)(c2cccc(N(CC(=O)O)C(=O)OC(C)(C)C)n2)S(=O)(=O)c2ccccn2)cc1. The molecule has 1 aromatic carbocycles. The third-order valence-electron chi connectivity index (χ3n) is 6.75. The maximum atomic E-state index is 14.1. The summed E-state index contributed by atoms with van der Waals surface area (Å²) in [5.41, 5.74) is 7.64. The minimum absolute atomic E-state index is 0.0787. The number of rotatable bonds is 12. The number of anilines is 1. The van der Waals surface area contributed by atoms with Crippen molar-refractivity contribution in [3.05, 3.63) is 83.7 Å². The number of ether oxygens (including phenoxy) is 1. The van der Waals surface area contributed by atoms with Crippen LogP contribution in [0.5, 0.6) is 0 Å². The van der Waals surface area contributed by atoms with Crippen molar-refractivity contribution in [1.29, 1.82) is 0 Å². The molecule has 0 spiro atoms. The number of carbonyl (C=O) groups is 2. The van der Waals surface area contributed by atoms with Gasteiger partial charge in [0.15, 0.2) is 9.90 Å². The lowest BCUT2D eigenvalue weighted by atomic mass is 9.93. The molecule has 2 aromatic heterocycles. The van der Waals surface area contributed by atoms with Gasteiger partial charge in [-0.2, -0.15) is 0 Å². The number of aliphatic carboxylic acids is 1. The van der Waals surface area contributed by atoms with Crippen LogP contribution in [0.2, 0.25) is 0 Å². The van der Waals surface area contributed by atoms with Gasteiger partial charge in [0.2, 0.25) is 9.84 Å². The van der Waals surface area contributed by atoms with Crippen molar-refractivity contribution >= 4 is 27.7 Å². The van der Waals surface area contributed by atoms with Gasteiger partial charge in [0.05, 0.1) is 5.69 Å². The average molecular weight is 597 g/mol. The number of amides is 1. The fourth-order valence-electron chi connectivity index (χ4n) is 4.46. The quantitative estimate of drug-likeness (QED) is 0.279. The van der Waals surface area contributed by atoms with Gasteiger partial charge in [0.25, 0.3) is 0 Å². The van der Waals surface area contributed by atoms with Crippen LogP contribution < -0.4 is 10.6 Å². The molecule has 0 aliphatic heterocycles. The molecular formula is C31H40N4O6S. The predicted octanol–water partition coefficient (Wildman–Crippen LogP) is 5.42. The van der Waals surface area contributed by atoms with Crippen LogP contribution in [0.15, 0.2) is 71.9 Å². The maximum Gasteiger partial charge on any atom is 0.416 e. The molecule has 2 unspecified atom stereocenters. The van der Waals surface area contributed by atoms with Gasteiger partial charge in [0.1, 0.15) is 18.0 Å². The smallest absolute Gasteiger partial charge is 0.416 e. The Hall–Kier alpha value is -3.83. The fourth-order valence-corrected chi connectivity index (χ4v) is 6.04. The number of unbranched alkanes of at least 4 members (excludes halogenated alkanes) is 1. The summed E-state index contributed by atoms with van der Waals surface area (Å²) >= 11 is 0. The first kappa shape index (κ1) is 32.7. The van der Waals surface area contributed by atoms with Crippen LogP contribution in [-0.4, -0.2) is 47.7 Å². The third-order valence-corrected chi connectivity index (χ3v) is 8.86.